The Hall–Kier alpha value is -1.11. The third-order valence-corrected chi connectivity index (χ3v) is 4.61. The number of aliphatic hydroxyl groups excluding tert-OH is 1. The smallest absolute Gasteiger partial charge is 0.271 e. The van der Waals surface area contributed by atoms with Crippen LogP contribution in [0.1, 0.15) is 5.56 Å². The van der Waals surface area contributed by atoms with Crippen LogP contribution in [0.3, 0.4) is 0 Å². The molecule has 1 N–H and O–H groups in total. The van der Waals surface area contributed by atoms with E-state index in [1.54, 1.807) is 24.3 Å². The van der Waals surface area contributed by atoms with Crippen LogP contribution in [0.15, 0.2) is 30.3 Å². The lowest BCUT2D eigenvalue weighted by Gasteiger charge is -2.08. The molecule has 0 aliphatic heterocycles. The fraction of sp³-hybridized carbons (Fsp3) is 0.684. The molecule has 9 nitrogen and oxygen atoms in total. The van der Waals surface area contributed by atoms with Gasteiger partial charge < -0.3 is 28.8 Å². The molecule has 0 saturated carbocycles. The quantitative estimate of drug-likeness (QED) is 0.232. The van der Waals surface area contributed by atoms with Gasteiger partial charge in [0.05, 0.1) is 79.3 Å². The predicted molar refractivity (Wildman–Crippen MR) is 106 cm³/mol. The van der Waals surface area contributed by atoms with E-state index < -0.39 is 10.1 Å². The summed E-state index contributed by atoms with van der Waals surface area (Å²) in [5.41, 5.74) is 0.683. The highest BCUT2D eigenvalue weighted by molar-refractivity contribution is 7.85. The first kappa shape index (κ1) is 25.9. The minimum absolute atomic E-state index is 0.0125. The second-order valence-electron chi connectivity index (χ2n) is 5.80. The van der Waals surface area contributed by atoms with Crippen LogP contribution in [0.25, 0.3) is 0 Å². The van der Waals surface area contributed by atoms with Crippen molar-refractivity contribution in [2.75, 3.05) is 79.3 Å². The van der Waals surface area contributed by atoms with Gasteiger partial charge in [-0.3, -0.25) is 4.18 Å². The van der Waals surface area contributed by atoms with Crippen LogP contribution in [-0.2, 0) is 43.7 Å². The molecule has 29 heavy (non-hydrogen) atoms. The Morgan fingerprint density at radius 1 is 0.621 bits per heavy atom. The van der Waals surface area contributed by atoms with E-state index in [0.29, 0.717) is 65.0 Å². The molecular formula is C19H32O9S. The van der Waals surface area contributed by atoms with E-state index in [4.69, 9.17) is 33.0 Å². The molecule has 0 atom stereocenters. The summed E-state index contributed by atoms with van der Waals surface area (Å²) in [6, 6.07) is 8.87. The SMILES string of the molecule is O=S(=O)(Cc1ccccc1)OCCOCCOCCOCCOCCOCCO. The Morgan fingerprint density at radius 2 is 1.03 bits per heavy atom. The monoisotopic (exact) mass is 436 g/mol. The molecule has 10 heteroatoms. The van der Waals surface area contributed by atoms with E-state index >= 15 is 0 Å². The van der Waals surface area contributed by atoms with Gasteiger partial charge in [-0.25, -0.2) is 0 Å². The zero-order valence-corrected chi connectivity index (χ0v) is 17.5. The molecule has 0 amide bonds. The van der Waals surface area contributed by atoms with Gasteiger partial charge in [-0.1, -0.05) is 30.3 Å². The molecule has 1 aromatic rings. The van der Waals surface area contributed by atoms with Crippen LogP contribution in [-0.4, -0.2) is 92.8 Å². The molecule has 0 saturated heterocycles. The lowest BCUT2D eigenvalue weighted by atomic mass is 10.2. The number of rotatable bonds is 20. The van der Waals surface area contributed by atoms with Crippen molar-refractivity contribution in [3.8, 4) is 0 Å². The first-order valence-electron chi connectivity index (χ1n) is 9.54. The topological polar surface area (TPSA) is 110 Å². The first-order chi connectivity index (χ1) is 14.1. The Labute approximate surface area is 172 Å². The molecule has 168 valence electrons. The van der Waals surface area contributed by atoms with Gasteiger partial charge >= 0.3 is 0 Å². The summed E-state index contributed by atoms with van der Waals surface area (Å²) in [4.78, 5) is 0. The molecule has 0 aliphatic rings. The van der Waals surface area contributed by atoms with E-state index in [9.17, 15) is 8.42 Å². The van der Waals surface area contributed by atoms with E-state index in [1.807, 2.05) is 6.07 Å². The maximum absolute atomic E-state index is 11.8. The van der Waals surface area contributed by atoms with Crippen molar-refractivity contribution in [2.24, 2.45) is 0 Å². The minimum atomic E-state index is -3.61. The summed E-state index contributed by atoms with van der Waals surface area (Å²) in [6.07, 6.45) is 0. The molecule has 1 aromatic carbocycles. The lowest BCUT2D eigenvalue weighted by Crippen LogP contribution is -2.16. The maximum Gasteiger partial charge on any atom is 0.271 e. The van der Waals surface area contributed by atoms with Crippen molar-refractivity contribution in [1.82, 2.24) is 0 Å². The van der Waals surface area contributed by atoms with Gasteiger partial charge in [0.25, 0.3) is 10.1 Å². The highest BCUT2D eigenvalue weighted by atomic mass is 32.2. The number of hydrogen-bond acceptors (Lipinski definition) is 9. The molecule has 0 fully saturated rings. The van der Waals surface area contributed by atoms with Crippen molar-refractivity contribution >= 4 is 10.1 Å². The largest absolute Gasteiger partial charge is 0.394 e. The van der Waals surface area contributed by atoms with E-state index in [1.165, 1.54) is 0 Å². The molecule has 0 aliphatic carbocycles. The molecule has 0 spiro atoms. The zero-order valence-electron chi connectivity index (χ0n) is 16.7. The van der Waals surface area contributed by atoms with Crippen molar-refractivity contribution < 1.29 is 41.4 Å². The number of ether oxygens (including phenoxy) is 5. The molecule has 0 radical (unpaired) electrons. The van der Waals surface area contributed by atoms with Crippen LogP contribution in [0.4, 0.5) is 0 Å². The zero-order chi connectivity index (χ0) is 21.0. The fourth-order valence-electron chi connectivity index (χ4n) is 2.09. The van der Waals surface area contributed by atoms with Gasteiger partial charge in [-0.2, -0.15) is 8.42 Å². The Kier molecular flexibility index (Phi) is 15.8. The van der Waals surface area contributed by atoms with Crippen LogP contribution in [0.5, 0.6) is 0 Å². The van der Waals surface area contributed by atoms with Crippen LogP contribution in [0.2, 0.25) is 0 Å². The average molecular weight is 437 g/mol. The Morgan fingerprint density at radius 3 is 1.48 bits per heavy atom. The number of benzene rings is 1. The van der Waals surface area contributed by atoms with Crippen LogP contribution < -0.4 is 0 Å². The molecule has 0 unspecified atom stereocenters. The maximum atomic E-state index is 11.8. The van der Waals surface area contributed by atoms with E-state index in [2.05, 4.69) is 0 Å². The molecule has 0 bridgehead atoms. The first-order valence-corrected chi connectivity index (χ1v) is 11.1. The highest BCUT2D eigenvalue weighted by Gasteiger charge is 2.11. The summed E-state index contributed by atoms with van der Waals surface area (Å²) in [5, 5.41) is 8.52. The van der Waals surface area contributed by atoms with Gasteiger partial charge in [0.2, 0.25) is 0 Å². The fourth-order valence-corrected chi connectivity index (χ4v) is 3.09. The minimum Gasteiger partial charge on any atom is -0.394 e. The summed E-state index contributed by atoms with van der Waals surface area (Å²) in [5.74, 6) is -0.153. The third-order valence-electron chi connectivity index (χ3n) is 3.40. The van der Waals surface area contributed by atoms with Gasteiger partial charge in [0.15, 0.2) is 0 Å². The summed E-state index contributed by atoms with van der Waals surface area (Å²) < 4.78 is 54.8. The highest BCUT2D eigenvalue weighted by Crippen LogP contribution is 2.06. The van der Waals surface area contributed by atoms with Crippen molar-refractivity contribution in [1.29, 1.82) is 0 Å². The van der Waals surface area contributed by atoms with Crippen molar-refractivity contribution in [2.45, 2.75) is 5.75 Å². The second kappa shape index (κ2) is 17.7. The van der Waals surface area contributed by atoms with Gasteiger partial charge in [0.1, 0.15) is 5.75 Å². The van der Waals surface area contributed by atoms with Gasteiger partial charge in [-0.15, -0.1) is 0 Å². The number of aliphatic hydroxyl groups is 1. The molecule has 0 aromatic heterocycles. The van der Waals surface area contributed by atoms with E-state index in [0.717, 1.165) is 0 Å². The predicted octanol–water partition coefficient (Wildman–Crippen LogP) is 0.608. The van der Waals surface area contributed by atoms with Crippen molar-refractivity contribution in [3.63, 3.8) is 0 Å². The number of hydrogen-bond donors (Lipinski definition) is 1. The van der Waals surface area contributed by atoms with Crippen LogP contribution in [0, 0.1) is 0 Å². The average Bonchev–Trinajstić information content (AvgIpc) is 2.70. The third kappa shape index (κ3) is 16.4. The summed E-state index contributed by atoms with van der Waals surface area (Å²) in [7, 11) is -3.61. The molecule has 0 heterocycles. The molecular weight excluding hydrogens is 404 g/mol. The van der Waals surface area contributed by atoms with Crippen LogP contribution >= 0.6 is 0 Å². The van der Waals surface area contributed by atoms with Gasteiger partial charge in [-0.05, 0) is 5.56 Å². The van der Waals surface area contributed by atoms with E-state index in [-0.39, 0.29) is 25.6 Å². The van der Waals surface area contributed by atoms with Gasteiger partial charge in [0, 0.05) is 0 Å². The van der Waals surface area contributed by atoms with Crippen molar-refractivity contribution in [3.05, 3.63) is 35.9 Å². The standard InChI is InChI=1S/C19H32O9S/c20-6-7-23-8-9-24-10-11-25-12-13-26-14-15-27-16-17-28-29(21,22)18-19-4-2-1-3-5-19/h1-5,20H,6-18H2. The lowest BCUT2D eigenvalue weighted by molar-refractivity contribution is -0.0145. The Bertz CT molecular complexity index is 581. The summed E-state index contributed by atoms with van der Waals surface area (Å²) >= 11 is 0. The molecule has 1 rings (SSSR count). The second-order valence-corrected chi connectivity index (χ2v) is 7.43. The Balaban J connectivity index is 1.82. The normalized spacial score (nSPS) is 11.8. The summed E-state index contributed by atoms with van der Waals surface area (Å²) in [6.45, 7) is 3.96.